The van der Waals surface area contributed by atoms with Gasteiger partial charge < -0.3 is 9.84 Å². The van der Waals surface area contributed by atoms with Gasteiger partial charge in [-0.05, 0) is 49.9 Å². The second-order valence-corrected chi connectivity index (χ2v) is 5.82. The van der Waals surface area contributed by atoms with Gasteiger partial charge in [0.2, 0.25) is 0 Å². The number of hydrogen-bond donors (Lipinski definition) is 1. The van der Waals surface area contributed by atoms with Crippen LogP contribution in [0.15, 0.2) is 18.2 Å². The Balaban J connectivity index is 2.05. The maximum absolute atomic E-state index is 12.4. The van der Waals surface area contributed by atoms with E-state index in [2.05, 4.69) is 9.64 Å². The highest BCUT2D eigenvalue weighted by atomic mass is 35.5. The summed E-state index contributed by atoms with van der Waals surface area (Å²) >= 11 is 5.95. The third kappa shape index (κ3) is 5.09. The Morgan fingerprint density at radius 3 is 2.95 bits per heavy atom. The lowest BCUT2D eigenvalue weighted by molar-refractivity contribution is -0.0508. The highest BCUT2D eigenvalue weighted by molar-refractivity contribution is 6.30. The summed E-state index contributed by atoms with van der Waals surface area (Å²) in [5.74, 6) is 0.640. The summed E-state index contributed by atoms with van der Waals surface area (Å²) in [5.41, 5.74) is 0.674. The van der Waals surface area contributed by atoms with Gasteiger partial charge in [-0.15, -0.1) is 0 Å². The van der Waals surface area contributed by atoms with Gasteiger partial charge in [-0.25, -0.2) is 0 Å². The van der Waals surface area contributed by atoms with Crippen molar-refractivity contribution in [2.75, 3.05) is 19.7 Å². The van der Waals surface area contributed by atoms with Gasteiger partial charge in [0.15, 0.2) is 0 Å². The third-order valence-corrected chi connectivity index (χ3v) is 4.01. The van der Waals surface area contributed by atoms with Crippen LogP contribution in [-0.2, 0) is 6.54 Å². The minimum absolute atomic E-state index is 0.179. The molecule has 1 N–H and O–H groups in total. The molecule has 0 aromatic heterocycles. The third-order valence-electron chi connectivity index (χ3n) is 3.77. The van der Waals surface area contributed by atoms with E-state index in [0.29, 0.717) is 23.0 Å². The van der Waals surface area contributed by atoms with E-state index in [1.54, 1.807) is 12.1 Å². The molecule has 1 fully saturated rings. The summed E-state index contributed by atoms with van der Waals surface area (Å²) in [6.07, 6.45) is 2.94. The number of ether oxygens (including phenoxy) is 1. The average molecular weight is 320 g/mol. The molecule has 2 rings (SSSR count). The van der Waals surface area contributed by atoms with E-state index in [9.17, 15) is 8.78 Å². The monoisotopic (exact) mass is 319 g/mol. The van der Waals surface area contributed by atoms with E-state index >= 15 is 0 Å². The molecule has 0 amide bonds. The van der Waals surface area contributed by atoms with Crippen molar-refractivity contribution in [3.05, 3.63) is 28.8 Å². The van der Waals surface area contributed by atoms with Crippen LogP contribution in [0.4, 0.5) is 8.78 Å². The number of nitrogens with zero attached hydrogens (tertiary/aromatic N) is 1. The van der Waals surface area contributed by atoms with Gasteiger partial charge >= 0.3 is 6.61 Å². The number of benzene rings is 1. The lowest BCUT2D eigenvalue weighted by atomic mass is 9.95. The molecule has 0 saturated carbocycles. The number of alkyl halides is 2. The Morgan fingerprint density at radius 2 is 2.24 bits per heavy atom. The molecule has 0 spiro atoms. The van der Waals surface area contributed by atoms with Crippen LogP contribution < -0.4 is 4.74 Å². The van der Waals surface area contributed by atoms with Crippen LogP contribution in [0.25, 0.3) is 0 Å². The first-order valence-electron chi connectivity index (χ1n) is 7.15. The van der Waals surface area contributed by atoms with Gasteiger partial charge in [-0.1, -0.05) is 11.6 Å². The van der Waals surface area contributed by atoms with Crippen LogP contribution in [0.1, 0.15) is 24.8 Å². The van der Waals surface area contributed by atoms with E-state index in [4.69, 9.17) is 16.7 Å². The van der Waals surface area contributed by atoms with Crippen molar-refractivity contribution in [1.82, 2.24) is 4.90 Å². The fourth-order valence-electron chi connectivity index (χ4n) is 2.84. The molecule has 1 heterocycles. The van der Waals surface area contributed by atoms with E-state index in [1.165, 1.54) is 6.07 Å². The zero-order chi connectivity index (χ0) is 15.2. The molecule has 0 aliphatic carbocycles. The first kappa shape index (κ1) is 16.5. The van der Waals surface area contributed by atoms with Crippen molar-refractivity contribution in [1.29, 1.82) is 0 Å². The summed E-state index contributed by atoms with van der Waals surface area (Å²) < 4.78 is 29.4. The molecule has 6 heteroatoms. The smallest absolute Gasteiger partial charge is 0.387 e. The molecule has 3 nitrogen and oxygen atoms in total. The highest BCUT2D eigenvalue weighted by Gasteiger charge is 2.21. The largest absolute Gasteiger partial charge is 0.434 e. The van der Waals surface area contributed by atoms with Crippen molar-refractivity contribution in [3.63, 3.8) is 0 Å². The minimum atomic E-state index is -2.84. The Labute approximate surface area is 128 Å². The summed E-state index contributed by atoms with van der Waals surface area (Å²) in [7, 11) is 0. The lowest BCUT2D eigenvalue weighted by Crippen LogP contribution is -2.35. The zero-order valence-electron chi connectivity index (χ0n) is 11.8. The van der Waals surface area contributed by atoms with Crippen LogP contribution in [0.5, 0.6) is 5.75 Å². The SMILES string of the molecule is OCCC1CCCN(Cc2cc(Cl)ccc2OC(F)F)C1. The van der Waals surface area contributed by atoms with Crippen LogP contribution in [0, 0.1) is 5.92 Å². The molecule has 1 aromatic carbocycles. The molecule has 21 heavy (non-hydrogen) atoms. The van der Waals surface area contributed by atoms with Gasteiger partial charge in [0.25, 0.3) is 0 Å². The summed E-state index contributed by atoms with van der Waals surface area (Å²) in [6.45, 7) is -0.336. The number of piperidine rings is 1. The molecule has 118 valence electrons. The quantitative estimate of drug-likeness (QED) is 0.870. The van der Waals surface area contributed by atoms with Crippen molar-refractivity contribution in [3.8, 4) is 5.75 Å². The van der Waals surface area contributed by atoms with Gasteiger partial charge in [0.05, 0.1) is 0 Å². The van der Waals surface area contributed by atoms with Crippen molar-refractivity contribution in [2.24, 2.45) is 5.92 Å². The normalized spacial score (nSPS) is 20.0. The Hall–Kier alpha value is -0.910. The number of aliphatic hydroxyl groups is 1. The Morgan fingerprint density at radius 1 is 1.43 bits per heavy atom. The fraction of sp³-hybridized carbons (Fsp3) is 0.600. The van der Waals surface area contributed by atoms with Crippen LogP contribution in [-0.4, -0.2) is 36.3 Å². The molecule has 1 unspecified atom stereocenters. The second kappa shape index (κ2) is 7.92. The molecule has 1 aliphatic heterocycles. The summed E-state index contributed by atoms with van der Waals surface area (Å²) in [6, 6.07) is 4.71. The van der Waals surface area contributed by atoms with Crippen LogP contribution in [0.3, 0.4) is 0 Å². The molecule has 0 radical (unpaired) electrons. The predicted molar refractivity (Wildman–Crippen MR) is 77.8 cm³/mol. The van der Waals surface area contributed by atoms with Crippen molar-refractivity contribution >= 4 is 11.6 Å². The number of rotatable bonds is 6. The van der Waals surface area contributed by atoms with E-state index < -0.39 is 6.61 Å². The fourth-order valence-corrected chi connectivity index (χ4v) is 3.03. The molecular formula is C15H20ClF2NO2. The Kier molecular flexibility index (Phi) is 6.21. The lowest BCUT2D eigenvalue weighted by Gasteiger charge is -2.32. The maximum atomic E-state index is 12.4. The number of aliphatic hydroxyl groups excluding tert-OH is 1. The summed E-state index contributed by atoms with van der Waals surface area (Å²) in [5, 5.41) is 9.54. The zero-order valence-corrected chi connectivity index (χ0v) is 12.5. The Bertz CT molecular complexity index is 457. The number of hydrogen-bond acceptors (Lipinski definition) is 3. The van der Waals surface area contributed by atoms with E-state index in [-0.39, 0.29) is 12.4 Å². The van der Waals surface area contributed by atoms with Crippen LogP contribution >= 0.6 is 11.6 Å². The first-order chi connectivity index (χ1) is 10.1. The minimum Gasteiger partial charge on any atom is -0.434 e. The number of halogens is 3. The van der Waals surface area contributed by atoms with Crippen LogP contribution in [0.2, 0.25) is 5.02 Å². The maximum Gasteiger partial charge on any atom is 0.387 e. The molecule has 1 atom stereocenters. The number of likely N-dealkylation sites (tertiary alicyclic amines) is 1. The van der Waals surface area contributed by atoms with Crippen molar-refractivity contribution in [2.45, 2.75) is 32.4 Å². The average Bonchev–Trinajstić information content (AvgIpc) is 2.42. The molecule has 1 aromatic rings. The molecule has 1 aliphatic rings. The topological polar surface area (TPSA) is 32.7 Å². The van der Waals surface area contributed by atoms with Gasteiger partial charge in [-0.3, -0.25) is 4.90 Å². The second-order valence-electron chi connectivity index (χ2n) is 5.39. The molecule has 0 bridgehead atoms. The highest BCUT2D eigenvalue weighted by Crippen LogP contribution is 2.28. The van der Waals surface area contributed by atoms with Gasteiger partial charge in [0.1, 0.15) is 5.75 Å². The first-order valence-corrected chi connectivity index (χ1v) is 7.52. The molecular weight excluding hydrogens is 300 g/mol. The predicted octanol–water partition coefficient (Wildman–Crippen LogP) is 3.54. The van der Waals surface area contributed by atoms with Gasteiger partial charge in [-0.2, -0.15) is 8.78 Å². The van der Waals surface area contributed by atoms with E-state index in [0.717, 1.165) is 32.4 Å². The van der Waals surface area contributed by atoms with Gasteiger partial charge in [0, 0.05) is 30.3 Å². The summed E-state index contributed by atoms with van der Waals surface area (Å²) in [4.78, 5) is 2.20. The standard InChI is InChI=1S/C15H20ClF2NO2/c16-13-3-4-14(21-15(17)18)12(8-13)10-19-6-1-2-11(9-19)5-7-20/h3-4,8,11,15,20H,1-2,5-7,9-10H2. The van der Waals surface area contributed by atoms with E-state index in [1.807, 2.05) is 0 Å². The molecule has 1 saturated heterocycles. The van der Waals surface area contributed by atoms with Crippen molar-refractivity contribution < 1.29 is 18.6 Å².